The lowest BCUT2D eigenvalue weighted by atomic mass is 10.1. The molecule has 2 rings (SSSR count). The van der Waals surface area contributed by atoms with Crippen LogP contribution in [0.2, 0.25) is 0 Å². The van der Waals surface area contributed by atoms with E-state index in [1.165, 1.54) is 11.4 Å². The minimum absolute atomic E-state index is 0.188. The van der Waals surface area contributed by atoms with Crippen LogP contribution in [0.25, 0.3) is 0 Å². The molecule has 7 heteroatoms. The Morgan fingerprint density at radius 1 is 1.17 bits per heavy atom. The van der Waals surface area contributed by atoms with Crippen LogP contribution in [0.3, 0.4) is 0 Å². The van der Waals surface area contributed by atoms with Gasteiger partial charge in [-0.3, -0.25) is 4.79 Å². The van der Waals surface area contributed by atoms with Gasteiger partial charge >= 0.3 is 0 Å². The number of likely N-dealkylation sites (N-methyl/N-ethyl adjacent to an activating group) is 1. The van der Waals surface area contributed by atoms with Crippen molar-refractivity contribution in [3.05, 3.63) is 29.3 Å². The molecule has 1 N–H and O–H groups in total. The van der Waals surface area contributed by atoms with Crippen LogP contribution in [0.15, 0.2) is 18.2 Å². The van der Waals surface area contributed by atoms with Gasteiger partial charge < -0.3 is 5.32 Å². The summed E-state index contributed by atoms with van der Waals surface area (Å²) in [5, 5.41) is 2.82. The van der Waals surface area contributed by atoms with Crippen LogP contribution in [0.1, 0.15) is 30.4 Å². The fraction of sp³-hybridized carbons (Fsp3) is 0.562. The molecule has 0 saturated carbocycles. The number of carbonyl (C=O) groups excluding carboxylic acids is 1. The summed E-state index contributed by atoms with van der Waals surface area (Å²) >= 11 is 0. The molecule has 1 aliphatic heterocycles. The first-order valence-electron chi connectivity index (χ1n) is 7.90. The second-order valence-electron chi connectivity index (χ2n) is 6.04. The number of hydrogen-bond acceptors (Lipinski definition) is 3. The Bertz CT molecular complexity index is 647. The van der Waals surface area contributed by atoms with Crippen molar-refractivity contribution in [2.45, 2.75) is 33.1 Å². The van der Waals surface area contributed by atoms with Gasteiger partial charge in [0.2, 0.25) is 5.91 Å². The zero-order valence-corrected chi connectivity index (χ0v) is 14.8. The summed E-state index contributed by atoms with van der Waals surface area (Å²) < 4.78 is 27.5. The van der Waals surface area contributed by atoms with E-state index in [9.17, 15) is 13.2 Å². The first-order chi connectivity index (χ1) is 10.8. The number of benzene rings is 1. The third-order valence-electron chi connectivity index (χ3n) is 4.15. The maximum Gasteiger partial charge on any atom is 0.282 e. The Labute approximate surface area is 138 Å². The maximum absolute atomic E-state index is 12.5. The molecule has 1 aliphatic rings. The summed E-state index contributed by atoms with van der Waals surface area (Å²) in [4.78, 5) is 12.2. The van der Waals surface area contributed by atoms with Crippen LogP contribution >= 0.6 is 0 Å². The molecule has 23 heavy (non-hydrogen) atoms. The number of anilines is 1. The van der Waals surface area contributed by atoms with Crippen molar-refractivity contribution < 1.29 is 13.2 Å². The number of nitrogens with one attached hydrogen (secondary N) is 1. The van der Waals surface area contributed by atoms with E-state index < -0.39 is 10.2 Å². The second-order valence-corrected chi connectivity index (χ2v) is 8.07. The average Bonchev–Trinajstić information content (AvgIpc) is 2.52. The van der Waals surface area contributed by atoms with E-state index >= 15 is 0 Å². The van der Waals surface area contributed by atoms with Crippen LogP contribution in [-0.4, -0.2) is 49.6 Å². The monoisotopic (exact) mass is 339 g/mol. The normalized spacial score (nSPS) is 16.5. The van der Waals surface area contributed by atoms with Gasteiger partial charge in [-0.25, -0.2) is 0 Å². The molecule has 6 nitrogen and oxygen atoms in total. The van der Waals surface area contributed by atoms with Crippen LogP contribution in [-0.2, 0) is 15.0 Å². The molecule has 0 bridgehead atoms. The number of carbonyl (C=O) groups is 1. The molecule has 0 aromatic heterocycles. The molecule has 1 aromatic carbocycles. The molecular formula is C16H25N3O3S. The quantitative estimate of drug-likeness (QED) is 0.891. The van der Waals surface area contributed by atoms with E-state index in [-0.39, 0.29) is 12.5 Å². The summed E-state index contributed by atoms with van der Waals surface area (Å²) in [5.41, 5.74) is 2.67. The smallest absolute Gasteiger partial charge is 0.282 e. The minimum Gasteiger partial charge on any atom is -0.324 e. The number of amides is 1. The van der Waals surface area contributed by atoms with Gasteiger partial charge in [-0.05, 0) is 37.8 Å². The van der Waals surface area contributed by atoms with E-state index in [0.29, 0.717) is 13.1 Å². The standard InChI is InChI=1S/C16H25N3O3S/c1-13-8-7-9-14(2)16(13)17-15(20)12-18(3)23(21,22)19-10-5-4-6-11-19/h7-9H,4-6,10-12H2,1-3H3,(H,17,20). The van der Waals surface area contributed by atoms with E-state index in [2.05, 4.69) is 5.32 Å². The summed E-state index contributed by atoms with van der Waals surface area (Å²) in [6.45, 7) is 4.70. The van der Waals surface area contributed by atoms with Gasteiger partial charge in [0.25, 0.3) is 10.2 Å². The van der Waals surface area contributed by atoms with Gasteiger partial charge in [-0.15, -0.1) is 0 Å². The Balaban J connectivity index is 2.02. The third-order valence-corrected chi connectivity index (χ3v) is 6.08. The maximum atomic E-state index is 12.5. The van der Waals surface area contributed by atoms with Crippen LogP contribution in [0, 0.1) is 13.8 Å². The molecule has 0 radical (unpaired) electrons. The molecule has 128 valence electrons. The van der Waals surface area contributed by atoms with Crippen molar-refractivity contribution in [3.63, 3.8) is 0 Å². The largest absolute Gasteiger partial charge is 0.324 e. The zero-order valence-electron chi connectivity index (χ0n) is 14.0. The van der Waals surface area contributed by atoms with Crippen molar-refractivity contribution in [3.8, 4) is 0 Å². The fourth-order valence-electron chi connectivity index (χ4n) is 2.77. The first-order valence-corrected chi connectivity index (χ1v) is 9.29. The van der Waals surface area contributed by atoms with Crippen molar-refractivity contribution in [1.82, 2.24) is 8.61 Å². The summed E-state index contributed by atoms with van der Waals surface area (Å²) in [6.07, 6.45) is 2.81. The van der Waals surface area contributed by atoms with Gasteiger partial charge in [0, 0.05) is 25.8 Å². The van der Waals surface area contributed by atoms with Crippen molar-refractivity contribution in [2.24, 2.45) is 0 Å². The predicted molar refractivity (Wildman–Crippen MR) is 91.5 cm³/mol. The molecule has 1 amide bonds. The van der Waals surface area contributed by atoms with E-state index in [4.69, 9.17) is 0 Å². The molecule has 1 aromatic rings. The van der Waals surface area contributed by atoms with E-state index in [1.54, 1.807) is 0 Å². The molecule has 0 aliphatic carbocycles. The third kappa shape index (κ3) is 4.31. The van der Waals surface area contributed by atoms with Crippen molar-refractivity contribution in [2.75, 3.05) is 32.0 Å². The molecule has 1 fully saturated rings. The highest BCUT2D eigenvalue weighted by Gasteiger charge is 2.29. The van der Waals surface area contributed by atoms with Crippen LogP contribution in [0.4, 0.5) is 5.69 Å². The van der Waals surface area contributed by atoms with Gasteiger partial charge in [-0.2, -0.15) is 17.0 Å². The highest BCUT2D eigenvalue weighted by Crippen LogP contribution is 2.20. The van der Waals surface area contributed by atoms with E-state index in [1.807, 2.05) is 32.0 Å². The van der Waals surface area contributed by atoms with Gasteiger partial charge in [0.15, 0.2) is 0 Å². The Kier molecular flexibility index (Phi) is 5.78. The number of aryl methyl sites for hydroxylation is 2. The lowest BCUT2D eigenvalue weighted by molar-refractivity contribution is -0.116. The Morgan fingerprint density at radius 3 is 2.30 bits per heavy atom. The van der Waals surface area contributed by atoms with Crippen molar-refractivity contribution in [1.29, 1.82) is 0 Å². The number of hydrogen-bond donors (Lipinski definition) is 1. The zero-order chi connectivity index (χ0) is 17.0. The predicted octanol–water partition coefficient (Wildman–Crippen LogP) is 1.90. The molecular weight excluding hydrogens is 314 g/mol. The SMILES string of the molecule is Cc1cccc(C)c1NC(=O)CN(C)S(=O)(=O)N1CCCCC1. The van der Waals surface area contributed by atoms with Crippen molar-refractivity contribution >= 4 is 21.8 Å². The molecule has 0 spiro atoms. The molecule has 1 heterocycles. The fourth-order valence-corrected chi connectivity index (χ4v) is 4.16. The van der Waals surface area contributed by atoms with E-state index in [0.717, 1.165) is 40.4 Å². The summed E-state index contributed by atoms with van der Waals surface area (Å²) in [7, 11) is -2.11. The lowest BCUT2D eigenvalue weighted by Crippen LogP contribution is -2.46. The highest BCUT2D eigenvalue weighted by atomic mass is 32.2. The molecule has 0 atom stereocenters. The van der Waals surface area contributed by atoms with Crippen LogP contribution < -0.4 is 5.32 Å². The average molecular weight is 339 g/mol. The molecule has 0 unspecified atom stereocenters. The minimum atomic E-state index is -3.56. The molecule has 1 saturated heterocycles. The number of para-hydroxylation sites is 1. The summed E-state index contributed by atoms with van der Waals surface area (Å²) in [6, 6.07) is 5.75. The van der Waals surface area contributed by atoms with Crippen LogP contribution in [0.5, 0.6) is 0 Å². The van der Waals surface area contributed by atoms with Gasteiger partial charge in [-0.1, -0.05) is 24.6 Å². The summed E-state index contributed by atoms with van der Waals surface area (Å²) in [5.74, 6) is -0.328. The Hall–Kier alpha value is -1.44. The van der Waals surface area contributed by atoms with Gasteiger partial charge in [0.1, 0.15) is 0 Å². The van der Waals surface area contributed by atoms with Gasteiger partial charge in [0.05, 0.1) is 6.54 Å². The second kappa shape index (κ2) is 7.42. The Morgan fingerprint density at radius 2 is 1.74 bits per heavy atom. The topological polar surface area (TPSA) is 69.7 Å². The number of piperidine rings is 1. The highest BCUT2D eigenvalue weighted by molar-refractivity contribution is 7.86. The lowest BCUT2D eigenvalue weighted by Gasteiger charge is -2.29. The first kappa shape index (κ1) is 17.9. The number of rotatable bonds is 5. The number of nitrogens with zero attached hydrogens (tertiary/aromatic N) is 2.